The summed E-state index contributed by atoms with van der Waals surface area (Å²) in [5.41, 5.74) is 1.62. The maximum absolute atomic E-state index is 12.0. The summed E-state index contributed by atoms with van der Waals surface area (Å²) in [6.07, 6.45) is -0.713. The highest BCUT2D eigenvalue weighted by Crippen LogP contribution is 2.25. The van der Waals surface area contributed by atoms with Gasteiger partial charge in [0.25, 0.3) is 0 Å². The Morgan fingerprint density at radius 2 is 2.15 bits per heavy atom. The van der Waals surface area contributed by atoms with Crippen LogP contribution in [0.3, 0.4) is 0 Å². The number of hydrogen-bond acceptors (Lipinski definition) is 4. The first-order chi connectivity index (χ1) is 9.47. The number of ether oxygens (including phenoxy) is 2. The van der Waals surface area contributed by atoms with Gasteiger partial charge in [-0.1, -0.05) is 6.07 Å². The van der Waals surface area contributed by atoms with Gasteiger partial charge in [-0.15, -0.1) is 0 Å². The third-order valence-corrected chi connectivity index (χ3v) is 2.79. The maximum Gasteiger partial charge on any atom is 0.321 e. The van der Waals surface area contributed by atoms with E-state index in [-0.39, 0.29) is 19.2 Å². The molecule has 0 spiro atoms. The van der Waals surface area contributed by atoms with E-state index in [0.29, 0.717) is 11.4 Å². The monoisotopic (exact) mass is 282 g/mol. The minimum absolute atomic E-state index is 0.186. The van der Waals surface area contributed by atoms with Gasteiger partial charge in [-0.25, -0.2) is 4.79 Å². The van der Waals surface area contributed by atoms with E-state index in [0.717, 1.165) is 5.56 Å². The van der Waals surface area contributed by atoms with Crippen LogP contribution in [0.5, 0.6) is 5.75 Å². The Balaban J connectivity index is 2.68. The number of urea groups is 1. The number of aryl methyl sites for hydroxylation is 1. The highest BCUT2D eigenvalue weighted by atomic mass is 16.5. The third kappa shape index (κ3) is 4.71. The Hall–Kier alpha value is -1.79. The van der Waals surface area contributed by atoms with Crippen LogP contribution in [0, 0.1) is 6.92 Å². The van der Waals surface area contributed by atoms with Crippen molar-refractivity contribution < 1.29 is 19.4 Å². The molecule has 0 saturated heterocycles. The zero-order chi connectivity index (χ0) is 15.1. The number of carbonyl (C=O) groups excluding carboxylic acids is 1. The Morgan fingerprint density at radius 1 is 1.45 bits per heavy atom. The molecule has 112 valence electrons. The quantitative estimate of drug-likeness (QED) is 0.829. The van der Waals surface area contributed by atoms with E-state index < -0.39 is 6.10 Å². The Bertz CT molecular complexity index is 451. The van der Waals surface area contributed by atoms with Gasteiger partial charge in [-0.2, -0.15) is 0 Å². The molecule has 1 aromatic carbocycles. The second-order valence-corrected chi connectivity index (χ2v) is 4.62. The van der Waals surface area contributed by atoms with Gasteiger partial charge in [0.2, 0.25) is 0 Å². The summed E-state index contributed by atoms with van der Waals surface area (Å²) in [6.45, 7) is 2.31. The van der Waals surface area contributed by atoms with Gasteiger partial charge in [0, 0.05) is 14.2 Å². The number of aliphatic hydroxyl groups is 1. The molecule has 0 saturated carbocycles. The number of anilines is 1. The SMILES string of the molecule is COCC(O)CN(C)C(=O)Nc1cc(C)ccc1OC. The summed E-state index contributed by atoms with van der Waals surface area (Å²) in [4.78, 5) is 13.4. The van der Waals surface area contributed by atoms with Gasteiger partial charge in [0.05, 0.1) is 32.1 Å². The summed E-state index contributed by atoms with van der Waals surface area (Å²) in [6, 6.07) is 5.21. The largest absolute Gasteiger partial charge is 0.495 e. The molecule has 1 unspecified atom stereocenters. The highest BCUT2D eigenvalue weighted by Gasteiger charge is 2.15. The van der Waals surface area contributed by atoms with Crippen molar-refractivity contribution >= 4 is 11.7 Å². The van der Waals surface area contributed by atoms with Crippen molar-refractivity contribution in [1.29, 1.82) is 0 Å². The van der Waals surface area contributed by atoms with Crippen LogP contribution in [0.2, 0.25) is 0 Å². The van der Waals surface area contributed by atoms with E-state index in [2.05, 4.69) is 5.32 Å². The van der Waals surface area contributed by atoms with Crippen LogP contribution < -0.4 is 10.1 Å². The summed E-state index contributed by atoms with van der Waals surface area (Å²) in [5.74, 6) is 0.592. The standard InChI is InChI=1S/C14H22N2O4/c1-10-5-6-13(20-4)12(7-10)15-14(18)16(2)8-11(17)9-19-3/h5-7,11,17H,8-9H2,1-4H3,(H,15,18). The lowest BCUT2D eigenvalue weighted by Gasteiger charge is -2.21. The number of likely N-dealkylation sites (N-methyl/N-ethyl adjacent to an activating group) is 1. The lowest BCUT2D eigenvalue weighted by molar-refractivity contribution is 0.0501. The molecule has 0 bridgehead atoms. The fourth-order valence-electron chi connectivity index (χ4n) is 1.77. The summed E-state index contributed by atoms with van der Waals surface area (Å²) < 4.78 is 10.0. The predicted octanol–water partition coefficient (Wildman–Crippen LogP) is 1.47. The van der Waals surface area contributed by atoms with Gasteiger partial charge in [0.1, 0.15) is 5.75 Å². The van der Waals surface area contributed by atoms with Crippen LogP contribution in [0.25, 0.3) is 0 Å². The zero-order valence-corrected chi connectivity index (χ0v) is 12.3. The fraction of sp³-hybridized carbons (Fsp3) is 0.500. The van der Waals surface area contributed by atoms with Gasteiger partial charge < -0.3 is 24.8 Å². The van der Waals surface area contributed by atoms with Gasteiger partial charge >= 0.3 is 6.03 Å². The van der Waals surface area contributed by atoms with Crippen molar-refractivity contribution in [3.8, 4) is 5.75 Å². The number of nitrogens with zero attached hydrogens (tertiary/aromatic N) is 1. The molecule has 1 rings (SSSR count). The van der Waals surface area contributed by atoms with Crippen LogP contribution in [0.4, 0.5) is 10.5 Å². The minimum Gasteiger partial charge on any atom is -0.495 e. The van der Waals surface area contributed by atoms with E-state index in [4.69, 9.17) is 9.47 Å². The number of rotatable bonds is 6. The summed E-state index contributed by atoms with van der Waals surface area (Å²) >= 11 is 0. The Kier molecular flexibility index (Phi) is 6.27. The predicted molar refractivity (Wildman–Crippen MR) is 77.3 cm³/mol. The van der Waals surface area contributed by atoms with Crippen LogP contribution in [0.15, 0.2) is 18.2 Å². The van der Waals surface area contributed by atoms with Crippen molar-refractivity contribution in [1.82, 2.24) is 4.90 Å². The molecular weight excluding hydrogens is 260 g/mol. The van der Waals surface area contributed by atoms with Crippen LogP contribution in [0.1, 0.15) is 5.56 Å². The van der Waals surface area contributed by atoms with Crippen molar-refractivity contribution in [2.75, 3.05) is 39.7 Å². The number of carbonyl (C=O) groups is 1. The zero-order valence-electron chi connectivity index (χ0n) is 12.3. The third-order valence-electron chi connectivity index (χ3n) is 2.79. The first-order valence-corrected chi connectivity index (χ1v) is 6.31. The Morgan fingerprint density at radius 3 is 2.75 bits per heavy atom. The highest BCUT2D eigenvalue weighted by molar-refractivity contribution is 5.91. The van der Waals surface area contributed by atoms with Crippen molar-refractivity contribution in [2.24, 2.45) is 0 Å². The molecule has 0 aromatic heterocycles. The number of aliphatic hydroxyl groups excluding tert-OH is 1. The number of benzene rings is 1. The fourth-order valence-corrected chi connectivity index (χ4v) is 1.77. The van der Waals surface area contributed by atoms with E-state index in [1.54, 1.807) is 20.2 Å². The molecule has 0 aliphatic heterocycles. The van der Waals surface area contributed by atoms with E-state index >= 15 is 0 Å². The molecule has 0 radical (unpaired) electrons. The van der Waals surface area contributed by atoms with Gasteiger partial charge in [0.15, 0.2) is 0 Å². The first-order valence-electron chi connectivity index (χ1n) is 6.31. The molecule has 0 aliphatic rings. The smallest absolute Gasteiger partial charge is 0.321 e. The second kappa shape index (κ2) is 7.72. The lowest BCUT2D eigenvalue weighted by atomic mass is 10.2. The molecule has 6 heteroatoms. The van der Waals surface area contributed by atoms with Crippen LogP contribution >= 0.6 is 0 Å². The van der Waals surface area contributed by atoms with Crippen LogP contribution in [-0.2, 0) is 4.74 Å². The van der Waals surface area contributed by atoms with E-state index in [1.165, 1.54) is 12.0 Å². The van der Waals surface area contributed by atoms with Gasteiger partial charge in [-0.05, 0) is 24.6 Å². The second-order valence-electron chi connectivity index (χ2n) is 4.62. The molecule has 1 atom stereocenters. The van der Waals surface area contributed by atoms with Crippen molar-refractivity contribution in [3.63, 3.8) is 0 Å². The molecular formula is C14H22N2O4. The minimum atomic E-state index is -0.713. The molecule has 2 amide bonds. The number of nitrogens with one attached hydrogen (secondary N) is 1. The molecule has 0 heterocycles. The topological polar surface area (TPSA) is 71.0 Å². The maximum atomic E-state index is 12.0. The number of methoxy groups -OCH3 is 2. The molecule has 0 aliphatic carbocycles. The molecule has 6 nitrogen and oxygen atoms in total. The summed E-state index contributed by atoms with van der Waals surface area (Å²) in [7, 11) is 4.66. The first kappa shape index (κ1) is 16.3. The van der Waals surface area contributed by atoms with E-state index in [1.807, 2.05) is 19.1 Å². The van der Waals surface area contributed by atoms with Crippen molar-refractivity contribution in [2.45, 2.75) is 13.0 Å². The van der Waals surface area contributed by atoms with E-state index in [9.17, 15) is 9.90 Å². The van der Waals surface area contributed by atoms with Crippen LogP contribution in [-0.4, -0.2) is 56.6 Å². The normalized spacial score (nSPS) is 11.8. The average Bonchev–Trinajstić information content (AvgIpc) is 2.39. The van der Waals surface area contributed by atoms with Crippen molar-refractivity contribution in [3.05, 3.63) is 23.8 Å². The summed E-state index contributed by atoms with van der Waals surface area (Å²) in [5, 5.41) is 12.4. The number of hydrogen-bond donors (Lipinski definition) is 2. The Labute approximate surface area is 119 Å². The lowest BCUT2D eigenvalue weighted by Crippen LogP contribution is -2.38. The van der Waals surface area contributed by atoms with Gasteiger partial charge in [-0.3, -0.25) is 0 Å². The molecule has 1 aromatic rings. The average molecular weight is 282 g/mol. The number of amides is 2. The molecule has 2 N–H and O–H groups in total. The molecule has 20 heavy (non-hydrogen) atoms. The molecule has 0 fully saturated rings.